The van der Waals surface area contributed by atoms with Crippen LogP contribution in [0.15, 0.2) is 54.7 Å². The molecular weight excluding hydrogens is 379 g/mol. The van der Waals surface area contributed by atoms with Gasteiger partial charge in [-0.25, -0.2) is 13.2 Å². The highest BCUT2D eigenvalue weighted by molar-refractivity contribution is 5.95. The number of nitrogens with zero attached hydrogens (tertiary/aromatic N) is 3. The summed E-state index contributed by atoms with van der Waals surface area (Å²) >= 11 is 0. The maximum absolute atomic E-state index is 13.3. The minimum atomic E-state index is -2.82. The van der Waals surface area contributed by atoms with Crippen LogP contribution in [0.3, 0.4) is 0 Å². The molecule has 1 fully saturated rings. The summed E-state index contributed by atoms with van der Waals surface area (Å²) in [5.74, 6) is -0.762. The molecule has 0 unspecified atom stereocenters. The van der Waals surface area contributed by atoms with Crippen molar-refractivity contribution in [3.8, 4) is 11.1 Å². The van der Waals surface area contributed by atoms with Gasteiger partial charge in [0.2, 0.25) is 0 Å². The average molecular weight is 399 g/mol. The lowest BCUT2D eigenvalue weighted by Gasteiger charge is -2.24. The Kier molecular flexibility index (Phi) is 5.13. The predicted octanol–water partition coefficient (Wildman–Crippen LogP) is 4.97. The van der Waals surface area contributed by atoms with E-state index in [2.05, 4.69) is 5.10 Å². The van der Waals surface area contributed by atoms with Crippen molar-refractivity contribution in [1.82, 2.24) is 14.7 Å². The number of hydrogen-bond donors (Lipinski definition) is 0. The zero-order chi connectivity index (χ0) is 20.5. The zero-order valence-electron chi connectivity index (χ0n) is 15.9. The van der Waals surface area contributed by atoms with Gasteiger partial charge in [0.1, 0.15) is 11.5 Å². The van der Waals surface area contributed by atoms with E-state index in [4.69, 9.17) is 0 Å². The Hall–Kier alpha value is -3.09. The van der Waals surface area contributed by atoms with E-state index >= 15 is 0 Å². The van der Waals surface area contributed by atoms with Crippen molar-refractivity contribution in [3.05, 3.63) is 77.4 Å². The van der Waals surface area contributed by atoms with E-state index < -0.39 is 18.0 Å². The molecule has 2 aromatic carbocycles. The first kappa shape index (κ1) is 19.2. The SMILES string of the molecule is Cn1cc(C(=O)N(Cc2ccccc2-c2ccc(F)cc2)C2CC2)c(C(F)F)n1. The first-order valence-corrected chi connectivity index (χ1v) is 9.40. The first-order chi connectivity index (χ1) is 13.9. The third-order valence-electron chi connectivity index (χ3n) is 5.06. The summed E-state index contributed by atoms with van der Waals surface area (Å²) in [6, 6.07) is 13.7. The second kappa shape index (κ2) is 7.73. The lowest BCUT2D eigenvalue weighted by molar-refractivity contribution is 0.0718. The van der Waals surface area contributed by atoms with Gasteiger partial charge < -0.3 is 4.90 Å². The number of amides is 1. The highest BCUT2D eigenvalue weighted by atomic mass is 19.3. The normalized spacial score (nSPS) is 13.7. The van der Waals surface area contributed by atoms with E-state index in [1.165, 1.54) is 30.1 Å². The van der Waals surface area contributed by atoms with Crippen LogP contribution >= 0.6 is 0 Å². The summed E-state index contributed by atoms with van der Waals surface area (Å²) < 4.78 is 41.2. The van der Waals surface area contributed by atoms with E-state index in [1.54, 1.807) is 17.0 Å². The van der Waals surface area contributed by atoms with Gasteiger partial charge in [-0.15, -0.1) is 0 Å². The van der Waals surface area contributed by atoms with Gasteiger partial charge in [0.15, 0.2) is 0 Å². The van der Waals surface area contributed by atoms with Crippen molar-refractivity contribution in [1.29, 1.82) is 0 Å². The number of aromatic nitrogens is 2. The molecule has 0 saturated heterocycles. The van der Waals surface area contributed by atoms with Gasteiger partial charge in [-0.3, -0.25) is 9.48 Å². The zero-order valence-corrected chi connectivity index (χ0v) is 15.9. The van der Waals surface area contributed by atoms with Gasteiger partial charge in [0, 0.05) is 25.8 Å². The highest BCUT2D eigenvalue weighted by Gasteiger charge is 2.36. The molecule has 0 spiro atoms. The molecule has 0 N–H and O–H groups in total. The minimum absolute atomic E-state index is 0.0227. The fourth-order valence-corrected chi connectivity index (χ4v) is 3.49. The lowest BCUT2D eigenvalue weighted by atomic mass is 9.99. The molecule has 1 saturated carbocycles. The van der Waals surface area contributed by atoms with Crippen LogP contribution in [-0.4, -0.2) is 26.6 Å². The van der Waals surface area contributed by atoms with Crippen molar-refractivity contribution in [2.45, 2.75) is 31.9 Å². The molecule has 1 heterocycles. The highest BCUT2D eigenvalue weighted by Crippen LogP contribution is 2.34. The van der Waals surface area contributed by atoms with Crippen LogP contribution in [0.1, 0.15) is 40.9 Å². The van der Waals surface area contributed by atoms with Gasteiger partial charge in [-0.1, -0.05) is 36.4 Å². The number of rotatable bonds is 6. The molecule has 0 atom stereocenters. The summed E-state index contributed by atoms with van der Waals surface area (Å²) in [4.78, 5) is 14.8. The van der Waals surface area contributed by atoms with Crippen LogP contribution in [0, 0.1) is 5.82 Å². The van der Waals surface area contributed by atoms with Gasteiger partial charge >= 0.3 is 0 Å². The molecule has 4 nitrogen and oxygen atoms in total. The Balaban J connectivity index is 1.67. The molecule has 0 radical (unpaired) electrons. The maximum Gasteiger partial charge on any atom is 0.282 e. The molecule has 1 aromatic heterocycles. The molecule has 1 amide bonds. The van der Waals surface area contributed by atoms with Gasteiger partial charge in [0.25, 0.3) is 12.3 Å². The molecule has 1 aliphatic carbocycles. The summed E-state index contributed by atoms with van der Waals surface area (Å²) in [5.41, 5.74) is 2.04. The number of carbonyl (C=O) groups excluding carboxylic acids is 1. The van der Waals surface area contributed by atoms with Crippen LogP contribution in [-0.2, 0) is 13.6 Å². The van der Waals surface area contributed by atoms with Crippen LogP contribution < -0.4 is 0 Å². The third kappa shape index (κ3) is 4.04. The minimum Gasteiger partial charge on any atom is -0.331 e. The van der Waals surface area contributed by atoms with Crippen molar-refractivity contribution in [2.75, 3.05) is 0 Å². The Morgan fingerprint density at radius 2 is 1.86 bits per heavy atom. The number of hydrogen-bond acceptors (Lipinski definition) is 2. The fourth-order valence-electron chi connectivity index (χ4n) is 3.49. The summed E-state index contributed by atoms with van der Waals surface area (Å²) in [7, 11) is 1.52. The summed E-state index contributed by atoms with van der Waals surface area (Å²) in [6.07, 6.45) is 0.219. The smallest absolute Gasteiger partial charge is 0.282 e. The molecular formula is C22H20F3N3O. The van der Waals surface area contributed by atoms with Crippen molar-refractivity contribution < 1.29 is 18.0 Å². The molecule has 0 aliphatic heterocycles. The fraction of sp³-hybridized carbons (Fsp3) is 0.273. The Bertz CT molecular complexity index is 1030. The number of carbonyl (C=O) groups is 1. The second-order valence-corrected chi connectivity index (χ2v) is 7.23. The van der Waals surface area contributed by atoms with Crippen LogP contribution in [0.25, 0.3) is 11.1 Å². The molecule has 1 aliphatic rings. The van der Waals surface area contributed by atoms with Gasteiger partial charge in [-0.05, 0) is 41.7 Å². The Morgan fingerprint density at radius 1 is 1.17 bits per heavy atom. The Labute approximate surface area is 166 Å². The molecule has 29 heavy (non-hydrogen) atoms. The predicted molar refractivity (Wildman–Crippen MR) is 103 cm³/mol. The van der Waals surface area contributed by atoms with Gasteiger partial charge in [-0.2, -0.15) is 5.10 Å². The second-order valence-electron chi connectivity index (χ2n) is 7.23. The van der Waals surface area contributed by atoms with Crippen LogP contribution in [0.2, 0.25) is 0 Å². The Morgan fingerprint density at radius 3 is 2.52 bits per heavy atom. The monoisotopic (exact) mass is 399 g/mol. The van der Waals surface area contributed by atoms with E-state index in [-0.39, 0.29) is 24.0 Å². The number of benzene rings is 2. The standard InChI is InChI=1S/C22H20F3N3O/c1-27-13-19(20(26-27)21(24)25)22(29)28(17-10-11-17)12-15-4-2-3-5-18(15)14-6-8-16(23)9-7-14/h2-9,13,17,21H,10-12H2,1H3. The van der Waals surface area contributed by atoms with E-state index in [1.807, 2.05) is 24.3 Å². The number of halogens is 3. The molecule has 150 valence electrons. The molecule has 3 aromatic rings. The van der Waals surface area contributed by atoms with Gasteiger partial charge in [0.05, 0.1) is 5.56 Å². The van der Waals surface area contributed by atoms with Crippen molar-refractivity contribution in [2.24, 2.45) is 7.05 Å². The quantitative estimate of drug-likeness (QED) is 0.587. The maximum atomic E-state index is 13.3. The topological polar surface area (TPSA) is 38.1 Å². The average Bonchev–Trinajstić information content (AvgIpc) is 3.47. The van der Waals surface area contributed by atoms with Crippen molar-refractivity contribution in [3.63, 3.8) is 0 Å². The molecule has 4 rings (SSSR count). The number of aryl methyl sites for hydroxylation is 1. The lowest BCUT2D eigenvalue weighted by Crippen LogP contribution is -2.33. The van der Waals surface area contributed by atoms with E-state index in [9.17, 15) is 18.0 Å². The molecule has 0 bridgehead atoms. The molecule has 7 heteroatoms. The number of alkyl halides is 2. The largest absolute Gasteiger partial charge is 0.331 e. The summed E-state index contributed by atoms with van der Waals surface area (Å²) in [5, 5.41) is 3.76. The van der Waals surface area contributed by atoms with Crippen molar-refractivity contribution >= 4 is 5.91 Å². The first-order valence-electron chi connectivity index (χ1n) is 9.40. The van der Waals surface area contributed by atoms with E-state index in [0.717, 1.165) is 29.5 Å². The van der Waals surface area contributed by atoms with Crippen LogP contribution in [0.5, 0.6) is 0 Å². The summed E-state index contributed by atoms with van der Waals surface area (Å²) in [6.45, 7) is 0.286. The van der Waals surface area contributed by atoms with Crippen LogP contribution in [0.4, 0.5) is 13.2 Å². The van der Waals surface area contributed by atoms with E-state index in [0.29, 0.717) is 0 Å². The third-order valence-corrected chi connectivity index (χ3v) is 5.06.